The summed E-state index contributed by atoms with van der Waals surface area (Å²) in [5.41, 5.74) is 1.98. The number of likely N-dealkylation sites (tertiary alicyclic amines) is 1. The van der Waals surface area contributed by atoms with Gasteiger partial charge in [0.05, 0.1) is 30.6 Å². The summed E-state index contributed by atoms with van der Waals surface area (Å²) in [5.74, 6) is 0.00414. The highest BCUT2D eigenvalue weighted by Crippen LogP contribution is 2.32. The van der Waals surface area contributed by atoms with Crippen molar-refractivity contribution in [1.82, 2.24) is 10.2 Å². The number of nitrogens with zero attached hydrogens (tertiary/aromatic N) is 2. The van der Waals surface area contributed by atoms with Gasteiger partial charge in [-0.05, 0) is 61.3 Å². The Kier molecular flexibility index (Phi) is 6.66. The van der Waals surface area contributed by atoms with Gasteiger partial charge in [-0.2, -0.15) is 0 Å². The number of anilines is 1. The van der Waals surface area contributed by atoms with E-state index in [9.17, 15) is 14.0 Å². The Hall–Kier alpha value is -3.45. The molecule has 1 aromatic heterocycles. The number of amides is 2. The maximum Gasteiger partial charge on any atom is 0.253 e. The molecule has 6 nitrogen and oxygen atoms in total. The van der Waals surface area contributed by atoms with E-state index in [2.05, 4.69) is 10.2 Å². The van der Waals surface area contributed by atoms with Crippen molar-refractivity contribution in [3.8, 4) is 0 Å². The molecule has 0 spiro atoms. The molecule has 2 amide bonds. The van der Waals surface area contributed by atoms with Crippen LogP contribution < -0.4 is 10.2 Å². The quantitative estimate of drug-likeness (QED) is 0.606. The van der Waals surface area contributed by atoms with Crippen LogP contribution in [0.3, 0.4) is 0 Å². The maximum absolute atomic E-state index is 13.3. The molecule has 0 saturated carbocycles. The number of hydrogen-bond acceptors (Lipinski definition) is 4. The molecule has 2 heterocycles. The second-order valence-electron chi connectivity index (χ2n) is 7.91. The standard InChI is InChI=1S/C25H26FN3O3/c1-28(23-8-3-2-7-21(23)25(31)27-16-20-6-5-15-32-20)24(30)17-29-14-4-9-22(29)18-10-12-19(26)13-11-18/h2-3,5-8,10-13,15,22H,4,9,14,16-17H2,1H3,(H,27,31). The monoisotopic (exact) mass is 435 g/mol. The molecule has 1 atom stereocenters. The van der Waals surface area contributed by atoms with E-state index >= 15 is 0 Å². The zero-order valence-corrected chi connectivity index (χ0v) is 18.0. The number of hydrogen-bond donors (Lipinski definition) is 1. The van der Waals surface area contributed by atoms with Crippen LogP contribution in [0, 0.1) is 5.82 Å². The molecular weight excluding hydrogens is 409 g/mol. The molecule has 1 aliphatic rings. The summed E-state index contributed by atoms with van der Waals surface area (Å²) in [6, 6.07) is 17.2. The van der Waals surface area contributed by atoms with Crippen LogP contribution in [0.15, 0.2) is 71.3 Å². The molecule has 1 N–H and O–H groups in total. The van der Waals surface area contributed by atoms with E-state index in [1.807, 2.05) is 0 Å². The number of benzene rings is 2. The van der Waals surface area contributed by atoms with Crippen LogP contribution in [0.2, 0.25) is 0 Å². The van der Waals surface area contributed by atoms with Crippen LogP contribution in [0.25, 0.3) is 0 Å². The summed E-state index contributed by atoms with van der Waals surface area (Å²) in [4.78, 5) is 29.5. The van der Waals surface area contributed by atoms with E-state index < -0.39 is 0 Å². The lowest BCUT2D eigenvalue weighted by atomic mass is 10.0. The normalized spacial score (nSPS) is 16.1. The van der Waals surface area contributed by atoms with Gasteiger partial charge in [0.25, 0.3) is 5.91 Å². The molecule has 1 saturated heterocycles. The molecule has 4 rings (SSSR count). The van der Waals surface area contributed by atoms with Crippen molar-refractivity contribution >= 4 is 17.5 Å². The number of para-hydroxylation sites is 1. The van der Waals surface area contributed by atoms with Gasteiger partial charge in [0.2, 0.25) is 5.91 Å². The highest BCUT2D eigenvalue weighted by Gasteiger charge is 2.29. The van der Waals surface area contributed by atoms with Crippen molar-refractivity contribution in [2.75, 3.05) is 25.0 Å². The van der Waals surface area contributed by atoms with Gasteiger partial charge in [0, 0.05) is 13.1 Å². The Morgan fingerprint density at radius 1 is 1.12 bits per heavy atom. The third-order valence-corrected chi connectivity index (χ3v) is 5.84. The Morgan fingerprint density at radius 3 is 2.66 bits per heavy atom. The summed E-state index contributed by atoms with van der Waals surface area (Å²) in [6.45, 7) is 1.29. The summed E-state index contributed by atoms with van der Waals surface area (Å²) < 4.78 is 18.6. The van der Waals surface area contributed by atoms with Gasteiger partial charge in [-0.1, -0.05) is 24.3 Å². The first-order valence-corrected chi connectivity index (χ1v) is 10.7. The molecule has 7 heteroatoms. The highest BCUT2D eigenvalue weighted by molar-refractivity contribution is 6.05. The number of likely N-dealkylation sites (N-methyl/N-ethyl adjacent to an activating group) is 1. The summed E-state index contributed by atoms with van der Waals surface area (Å²) >= 11 is 0. The van der Waals surface area contributed by atoms with Crippen molar-refractivity contribution < 1.29 is 18.4 Å². The van der Waals surface area contributed by atoms with Gasteiger partial charge >= 0.3 is 0 Å². The third-order valence-electron chi connectivity index (χ3n) is 5.84. The molecule has 1 aliphatic heterocycles. The van der Waals surface area contributed by atoms with E-state index in [-0.39, 0.29) is 36.8 Å². The highest BCUT2D eigenvalue weighted by atomic mass is 19.1. The molecule has 32 heavy (non-hydrogen) atoms. The minimum absolute atomic E-state index is 0.0831. The Morgan fingerprint density at radius 2 is 1.91 bits per heavy atom. The third kappa shape index (κ3) is 4.89. The van der Waals surface area contributed by atoms with E-state index in [4.69, 9.17) is 4.42 Å². The van der Waals surface area contributed by atoms with Crippen LogP contribution >= 0.6 is 0 Å². The van der Waals surface area contributed by atoms with Crippen LogP contribution in [-0.2, 0) is 11.3 Å². The molecule has 0 aliphatic carbocycles. The number of nitrogens with one attached hydrogen (secondary N) is 1. The van der Waals surface area contributed by atoms with Crippen LogP contribution in [0.5, 0.6) is 0 Å². The fourth-order valence-corrected chi connectivity index (χ4v) is 4.13. The van der Waals surface area contributed by atoms with Crippen LogP contribution in [-0.4, -0.2) is 36.9 Å². The minimum Gasteiger partial charge on any atom is -0.467 e. The molecule has 0 bridgehead atoms. The topological polar surface area (TPSA) is 65.8 Å². The van der Waals surface area contributed by atoms with Crippen LogP contribution in [0.1, 0.15) is 40.6 Å². The summed E-state index contributed by atoms with van der Waals surface area (Å²) in [7, 11) is 1.68. The number of halogens is 1. The van der Waals surface area contributed by atoms with Gasteiger partial charge in [-0.25, -0.2) is 4.39 Å². The molecule has 166 valence electrons. The van der Waals surface area contributed by atoms with Gasteiger partial charge in [-0.15, -0.1) is 0 Å². The fourth-order valence-electron chi connectivity index (χ4n) is 4.13. The Labute approximate surface area is 186 Å². The Balaban J connectivity index is 1.44. The SMILES string of the molecule is CN(C(=O)CN1CCCC1c1ccc(F)cc1)c1ccccc1C(=O)NCc1ccco1. The number of carbonyl (C=O) groups is 2. The smallest absolute Gasteiger partial charge is 0.253 e. The number of rotatable bonds is 7. The predicted molar refractivity (Wildman–Crippen MR) is 120 cm³/mol. The summed E-state index contributed by atoms with van der Waals surface area (Å²) in [5, 5.41) is 2.83. The van der Waals surface area contributed by atoms with E-state index in [1.165, 1.54) is 17.0 Å². The van der Waals surface area contributed by atoms with Crippen molar-refractivity contribution in [3.05, 3.63) is 89.6 Å². The summed E-state index contributed by atoms with van der Waals surface area (Å²) in [6.07, 6.45) is 3.46. The second-order valence-corrected chi connectivity index (χ2v) is 7.91. The molecule has 1 unspecified atom stereocenters. The average molecular weight is 435 g/mol. The van der Waals surface area contributed by atoms with Gasteiger partial charge < -0.3 is 14.6 Å². The second kappa shape index (κ2) is 9.78. The van der Waals surface area contributed by atoms with Gasteiger partial charge in [0.15, 0.2) is 0 Å². The Bertz CT molecular complexity index is 1070. The minimum atomic E-state index is -0.276. The molecule has 1 fully saturated rings. The number of furan rings is 1. The van der Waals surface area contributed by atoms with Gasteiger partial charge in [0.1, 0.15) is 11.6 Å². The zero-order valence-electron chi connectivity index (χ0n) is 18.0. The first-order chi connectivity index (χ1) is 15.5. The maximum atomic E-state index is 13.3. The van der Waals surface area contributed by atoms with Crippen LogP contribution in [0.4, 0.5) is 10.1 Å². The van der Waals surface area contributed by atoms with E-state index in [1.54, 1.807) is 61.8 Å². The van der Waals surface area contributed by atoms with E-state index in [0.29, 0.717) is 17.0 Å². The van der Waals surface area contributed by atoms with Crippen molar-refractivity contribution in [2.45, 2.75) is 25.4 Å². The first kappa shape index (κ1) is 21.8. The van der Waals surface area contributed by atoms with E-state index in [0.717, 1.165) is 24.9 Å². The first-order valence-electron chi connectivity index (χ1n) is 10.7. The lowest BCUT2D eigenvalue weighted by Crippen LogP contribution is -2.39. The predicted octanol–water partition coefficient (Wildman–Crippen LogP) is 4.15. The largest absolute Gasteiger partial charge is 0.467 e. The van der Waals surface area contributed by atoms with Crippen molar-refractivity contribution in [2.24, 2.45) is 0 Å². The molecule has 0 radical (unpaired) electrons. The molecule has 3 aromatic rings. The lowest BCUT2D eigenvalue weighted by Gasteiger charge is -2.27. The zero-order chi connectivity index (χ0) is 22.5. The molecule has 2 aromatic carbocycles. The lowest BCUT2D eigenvalue weighted by molar-refractivity contribution is -0.119. The number of carbonyl (C=O) groups excluding carboxylic acids is 2. The van der Waals surface area contributed by atoms with Crippen molar-refractivity contribution in [3.63, 3.8) is 0 Å². The fraction of sp³-hybridized carbons (Fsp3) is 0.280. The van der Waals surface area contributed by atoms with Crippen molar-refractivity contribution in [1.29, 1.82) is 0 Å². The molecular formula is C25H26FN3O3. The van der Waals surface area contributed by atoms with Gasteiger partial charge in [-0.3, -0.25) is 14.5 Å². The average Bonchev–Trinajstić information content (AvgIpc) is 3.50.